The number of quaternary nitrogens is 1. The van der Waals surface area contributed by atoms with E-state index in [0.717, 1.165) is 51.4 Å². The van der Waals surface area contributed by atoms with Crippen molar-refractivity contribution < 1.29 is 63.7 Å². The fraction of sp³-hybridized carbons (Fsp3) is 0.917. The van der Waals surface area contributed by atoms with Gasteiger partial charge in [0.25, 0.3) is 0 Å². The van der Waals surface area contributed by atoms with Gasteiger partial charge in [-0.25, -0.2) is 0 Å². The molecule has 0 amide bonds. The van der Waals surface area contributed by atoms with Crippen molar-refractivity contribution in [2.45, 2.75) is 109 Å². The normalized spacial score (nSPS) is 13.4. The Hall–Kier alpha value is -0.180. The van der Waals surface area contributed by atoms with Crippen molar-refractivity contribution in [2.24, 2.45) is 0 Å². The van der Waals surface area contributed by atoms with Crippen molar-refractivity contribution in [1.29, 1.82) is 0 Å². The van der Waals surface area contributed by atoms with Crippen LogP contribution in [0.25, 0.3) is 0 Å². The van der Waals surface area contributed by atoms with E-state index >= 15 is 0 Å². The van der Waals surface area contributed by atoms with Crippen LogP contribution in [-0.4, -0.2) is 67.5 Å². The van der Waals surface area contributed by atoms with Gasteiger partial charge in [0.1, 0.15) is 13.1 Å². The van der Waals surface area contributed by atoms with Crippen LogP contribution < -0.4 is 39.8 Å². The molecule has 0 bridgehead atoms. The van der Waals surface area contributed by atoms with E-state index in [2.05, 4.69) is 6.92 Å². The second-order valence-corrected chi connectivity index (χ2v) is 9.40. The Balaban J connectivity index is 0. The molecule has 0 rings (SSSR count). The van der Waals surface area contributed by atoms with Gasteiger partial charge in [-0.3, -0.25) is 0 Å². The maximum absolute atomic E-state index is 10.9. The average molecular weight is 468 g/mol. The van der Waals surface area contributed by atoms with Crippen LogP contribution in [0.2, 0.25) is 0 Å². The molecule has 0 aromatic heterocycles. The van der Waals surface area contributed by atoms with E-state index < -0.39 is 18.0 Å². The van der Waals surface area contributed by atoms with Crippen LogP contribution >= 0.6 is 0 Å². The molecular formula is C24H46NNaO6. The molecule has 7 nitrogen and oxygen atoms in total. The first kappa shape index (κ1) is 34.0. The number of aliphatic hydroxyl groups excluding tert-OH is 1. The number of carbonyl (C=O) groups is 2. The van der Waals surface area contributed by atoms with Crippen LogP contribution in [-0.2, 0) is 14.3 Å². The van der Waals surface area contributed by atoms with Gasteiger partial charge in [0.05, 0.1) is 38.9 Å². The molecule has 32 heavy (non-hydrogen) atoms. The molecule has 0 radical (unpaired) electrons. The first-order valence-electron chi connectivity index (χ1n) is 12.2. The first-order valence-corrected chi connectivity index (χ1v) is 12.2. The summed E-state index contributed by atoms with van der Waals surface area (Å²) in [6.07, 6.45) is 12.2. The molecule has 0 aromatic carbocycles. The summed E-state index contributed by atoms with van der Waals surface area (Å²) in [7, 11) is 3.65. The summed E-state index contributed by atoms with van der Waals surface area (Å²) in [6, 6.07) is 0. The summed E-state index contributed by atoms with van der Waals surface area (Å²) in [5, 5.41) is 32.0. The van der Waals surface area contributed by atoms with E-state index in [1.165, 1.54) is 25.7 Å². The second-order valence-electron chi connectivity index (χ2n) is 9.40. The van der Waals surface area contributed by atoms with Crippen LogP contribution in [0.1, 0.15) is 96.8 Å². The number of carboxylic acids is 2. The summed E-state index contributed by atoms with van der Waals surface area (Å²) in [4.78, 5) is 21.3. The number of aliphatic carboxylic acids is 2. The molecule has 2 atom stereocenters. The number of likely N-dealkylation sites (N-methyl/N-ethyl adjacent to an activating group) is 1. The van der Waals surface area contributed by atoms with Gasteiger partial charge in [-0.15, -0.1) is 0 Å². The number of ether oxygens (including phenoxy) is 1. The zero-order valence-electron chi connectivity index (χ0n) is 21.1. The van der Waals surface area contributed by atoms with Crippen LogP contribution in [0.5, 0.6) is 0 Å². The summed E-state index contributed by atoms with van der Waals surface area (Å²) >= 11 is 0. The van der Waals surface area contributed by atoms with Gasteiger partial charge in [-0.1, -0.05) is 71.1 Å². The molecule has 8 heteroatoms. The predicted molar refractivity (Wildman–Crippen MR) is 118 cm³/mol. The number of unbranched alkanes of at least 4 members (excludes halogenated alkanes) is 9. The summed E-state index contributed by atoms with van der Waals surface area (Å²) in [6.45, 7) is 3.06. The van der Waals surface area contributed by atoms with Crippen molar-refractivity contribution in [2.75, 3.05) is 33.8 Å². The van der Waals surface area contributed by atoms with Gasteiger partial charge in [-0.05, 0) is 25.7 Å². The van der Waals surface area contributed by atoms with Gasteiger partial charge in [0.15, 0.2) is 0 Å². The van der Waals surface area contributed by atoms with Crippen molar-refractivity contribution >= 4 is 11.9 Å². The Morgan fingerprint density at radius 2 is 1.38 bits per heavy atom. The van der Waals surface area contributed by atoms with Gasteiger partial charge >= 0.3 is 29.6 Å². The quantitative estimate of drug-likeness (QED) is 0.122. The van der Waals surface area contributed by atoms with E-state index in [1.54, 1.807) is 0 Å². The molecule has 0 fully saturated rings. The standard InChI is InChI=1S/C24H47NO6.Na/c1-4-5-6-7-9-12-15-21(26)22(16-13-10-8-11-14-17-23(27)28)31-19-18-25(2,3)20-24(29)30;/h21-22,26H,4-20H2,1-3H3,(H-,27,28,29,30);/q;+1/p-1. The predicted octanol–water partition coefficient (Wildman–Crippen LogP) is -1.21. The first-order chi connectivity index (χ1) is 14.7. The molecule has 0 aliphatic heterocycles. The van der Waals surface area contributed by atoms with Crippen LogP contribution in [0.15, 0.2) is 0 Å². The molecule has 1 N–H and O–H groups in total. The number of hydrogen-bond acceptors (Lipinski definition) is 6. The Labute approximate surface area is 217 Å². The number of nitrogens with zero attached hydrogens (tertiary/aromatic N) is 1. The Bertz CT molecular complexity index is 475. The molecule has 0 aliphatic carbocycles. The van der Waals surface area contributed by atoms with Crippen molar-refractivity contribution in [3.05, 3.63) is 0 Å². The van der Waals surface area contributed by atoms with Gasteiger partial charge in [-0.2, -0.15) is 0 Å². The maximum atomic E-state index is 10.9. The summed E-state index contributed by atoms with van der Waals surface area (Å²) < 4.78 is 6.29. The molecular weight excluding hydrogens is 421 g/mol. The van der Waals surface area contributed by atoms with E-state index in [1.807, 2.05) is 14.1 Å². The molecule has 0 aliphatic rings. The third-order valence-corrected chi connectivity index (χ3v) is 5.74. The van der Waals surface area contributed by atoms with Crippen LogP contribution in [0, 0.1) is 0 Å². The zero-order chi connectivity index (χ0) is 23.5. The number of carboxylic acid groups (broad SMARTS) is 2. The van der Waals surface area contributed by atoms with Crippen LogP contribution in [0.3, 0.4) is 0 Å². The molecule has 0 saturated heterocycles. The number of hydrogen-bond donors (Lipinski definition) is 1. The smallest absolute Gasteiger partial charge is 0.550 e. The van der Waals surface area contributed by atoms with E-state index in [9.17, 15) is 24.9 Å². The third kappa shape index (κ3) is 21.7. The Morgan fingerprint density at radius 3 is 1.94 bits per heavy atom. The largest absolute Gasteiger partial charge is 1.00 e. The van der Waals surface area contributed by atoms with E-state index in [0.29, 0.717) is 19.6 Å². The fourth-order valence-corrected chi connectivity index (χ4v) is 3.73. The minimum absolute atomic E-state index is 0. The molecule has 0 spiro atoms. The second kappa shape index (κ2) is 21.4. The minimum Gasteiger partial charge on any atom is -0.550 e. The molecule has 0 aromatic rings. The number of carbonyl (C=O) groups excluding carboxylic acids is 2. The monoisotopic (exact) mass is 467 g/mol. The summed E-state index contributed by atoms with van der Waals surface area (Å²) in [5.41, 5.74) is 0. The van der Waals surface area contributed by atoms with Gasteiger partial charge in [0, 0.05) is 5.97 Å². The third-order valence-electron chi connectivity index (χ3n) is 5.74. The zero-order valence-corrected chi connectivity index (χ0v) is 23.1. The van der Waals surface area contributed by atoms with Crippen molar-refractivity contribution in [1.82, 2.24) is 0 Å². The van der Waals surface area contributed by atoms with Crippen LogP contribution in [0.4, 0.5) is 0 Å². The SMILES string of the molecule is CCCCCCCCC(O)C(CCCCCCCC(=O)[O-])OCC[N+](C)(C)CC(=O)[O-].[Na+]. The topological polar surface area (TPSA) is 110 Å². The van der Waals surface area contributed by atoms with E-state index in [4.69, 9.17) is 4.74 Å². The average Bonchev–Trinajstić information content (AvgIpc) is 2.67. The summed E-state index contributed by atoms with van der Waals surface area (Å²) in [5.74, 6) is -2.07. The fourth-order valence-electron chi connectivity index (χ4n) is 3.73. The molecule has 184 valence electrons. The molecule has 0 heterocycles. The van der Waals surface area contributed by atoms with Gasteiger partial charge < -0.3 is 34.1 Å². The Kier molecular flexibility index (Phi) is 22.7. The van der Waals surface area contributed by atoms with E-state index in [-0.39, 0.29) is 53.1 Å². The Morgan fingerprint density at radius 1 is 0.844 bits per heavy atom. The minimum atomic E-state index is -1.08. The van der Waals surface area contributed by atoms with Crippen molar-refractivity contribution in [3.63, 3.8) is 0 Å². The maximum Gasteiger partial charge on any atom is 1.00 e. The molecule has 0 saturated carbocycles. The number of rotatable bonds is 22. The van der Waals surface area contributed by atoms with Gasteiger partial charge in [0.2, 0.25) is 0 Å². The van der Waals surface area contributed by atoms with Crippen molar-refractivity contribution in [3.8, 4) is 0 Å². The molecule has 2 unspecified atom stereocenters. The number of aliphatic hydroxyl groups is 1.